The van der Waals surface area contributed by atoms with E-state index >= 15 is 0 Å². The Balaban J connectivity index is 1.44. The third-order valence-corrected chi connectivity index (χ3v) is 7.25. The number of pyridine rings is 1. The lowest BCUT2D eigenvalue weighted by molar-refractivity contribution is 0.0770. The molecule has 0 unspecified atom stereocenters. The zero-order valence-electron chi connectivity index (χ0n) is 16.7. The highest BCUT2D eigenvalue weighted by Crippen LogP contribution is 2.27. The number of aromatic nitrogens is 3. The summed E-state index contributed by atoms with van der Waals surface area (Å²) < 4.78 is 23.8. The number of benzene rings is 2. The Labute approximate surface area is 179 Å². The number of nitrogens with zero attached hydrogens (tertiary/aromatic N) is 3. The number of carbonyl (C=O) groups is 1. The number of sulfone groups is 1. The van der Waals surface area contributed by atoms with Crippen LogP contribution in [0.25, 0.3) is 21.8 Å². The Bertz CT molecular complexity index is 1400. The van der Waals surface area contributed by atoms with Gasteiger partial charge in [0.05, 0.1) is 17.0 Å². The van der Waals surface area contributed by atoms with Crippen molar-refractivity contribution >= 4 is 49.1 Å². The zero-order valence-corrected chi connectivity index (χ0v) is 17.5. The first-order chi connectivity index (χ1) is 15.0. The molecule has 2 N–H and O–H groups in total. The van der Waals surface area contributed by atoms with E-state index in [2.05, 4.69) is 20.5 Å². The largest absolute Gasteiger partial charge is 0.338 e. The van der Waals surface area contributed by atoms with Crippen LogP contribution in [0.1, 0.15) is 16.8 Å². The molecule has 1 amide bonds. The van der Waals surface area contributed by atoms with Crippen LogP contribution in [0, 0.1) is 0 Å². The van der Waals surface area contributed by atoms with E-state index in [1.54, 1.807) is 17.2 Å². The number of amides is 1. The molecule has 2 aromatic carbocycles. The number of nitrogens with one attached hydrogen (secondary N) is 2. The summed E-state index contributed by atoms with van der Waals surface area (Å²) >= 11 is 0. The smallest absolute Gasteiger partial charge is 0.254 e. The van der Waals surface area contributed by atoms with E-state index in [0.717, 1.165) is 27.5 Å². The summed E-state index contributed by atoms with van der Waals surface area (Å²) in [6.07, 6.45) is 2.19. The number of H-pyrrole nitrogens is 1. The van der Waals surface area contributed by atoms with Gasteiger partial charge in [-0.05, 0) is 47.5 Å². The molecule has 0 atom stereocenters. The summed E-state index contributed by atoms with van der Waals surface area (Å²) in [7, 11) is -3.07. The fourth-order valence-corrected chi connectivity index (χ4v) is 5.21. The fraction of sp³-hybridized carbons (Fsp3) is 0.227. The van der Waals surface area contributed by atoms with Crippen molar-refractivity contribution in [1.29, 1.82) is 0 Å². The molecule has 5 rings (SSSR count). The number of hydrogen-bond acceptors (Lipinski definition) is 6. The average molecular weight is 436 g/mol. The molecule has 2 aromatic heterocycles. The van der Waals surface area contributed by atoms with Crippen LogP contribution in [-0.2, 0) is 9.84 Å². The summed E-state index contributed by atoms with van der Waals surface area (Å²) in [5, 5.41) is 12.3. The van der Waals surface area contributed by atoms with Gasteiger partial charge in [0, 0.05) is 30.5 Å². The topological polar surface area (TPSA) is 108 Å². The second kappa shape index (κ2) is 7.66. The first kappa shape index (κ1) is 19.5. The van der Waals surface area contributed by atoms with Crippen molar-refractivity contribution in [1.82, 2.24) is 20.1 Å². The SMILES string of the molecule is O=C(c1cccc2cc(Nc3n[nH]c4cccnc34)ccc12)N1CCCS(=O)(=O)CC1. The number of anilines is 2. The third-order valence-electron chi connectivity index (χ3n) is 5.54. The van der Waals surface area contributed by atoms with Crippen molar-refractivity contribution < 1.29 is 13.2 Å². The van der Waals surface area contributed by atoms with Crippen molar-refractivity contribution in [3.63, 3.8) is 0 Å². The molecule has 1 aliphatic rings. The molecule has 0 bridgehead atoms. The van der Waals surface area contributed by atoms with E-state index in [-0.39, 0.29) is 24.0 Å². The first-order valence-electron chi connectivity index (χ1n) is 10.1. The van der Waals surface area contributed by atoms with Gasteiger partial charge in [0.15, 0.2) is 15.7 Å². The molecule has 1 aliphatic heterocycles. The van der Waals surface area contributed by atoms with E-state index in [0.29, 0.717) is 24.3 Å². The molecule has 8 nitrogen and oxygen atoms in total. The highest BCUT2D eigenvalue weighted by molar-refractivity contribution is 7.91. The number of rotatable bonds is 3. The Morgan fingerprint density at radius 3 is 2.87 bits per heavy atom. The van der Waals surface area contributed by atoms with Crippen molar-refractivity contribution in [2.45, 2.75) is 6.42 Å². The predicted molar refractivity (Wildman–Crippen MR) is 120 cm³/mol. The summed E-state index contributed by atoms with van der Waals surface area (Å²) in [4.78, 5) is 19.2. The highest BCUT2D eigenvalue weighted by atomic mass is 32.2. The fourth-order valence-electron chi connectivity index (χ4n) is 3.94. The van der Waals surface area contributed by atoms with E-state index in [4.69, 9.17) is 0 Å². The van der Waals surface area contributed by atoms with Crippen LogP contribution < -0.4 is 5.32 Å². The monoisotopic (exact) mass is 435 g/mol. The third kappa shape index (κ3) is 3.84. The molecule has 158 valence electrons. The Hall–Kier alpha value is -3.46. The van der Waals surface area contributed by atoms with Gasteiger partial charge in [-0.3, -0.25) is 14.9 Å². The van der Waals surface area contributed by atoms with Crippen LogP contribution in [0.5, 0.6) is 0 Å². The van der Waals surface area contributed by atoms with E-state index < -0.39 is 9.84 Å². The molecule has 1 saturated heterocycles. The van der Waals surface area contributed by atoms with Gasteiger partial charge in [0.25, 0.3) is 5.91 Å². The van der Waals surface area contributed by atoms with Gasteiger partial charge >= 0.3 is 0 Å². The standard InChI is InChI=1S/C22H21N5O3S/c28-22(27-10-3-12-31(29,30)13-11-27)18-5-1-4-15-14-16(7-8-17(15)18)24-21-20-19(25-26-21)6-2-9-23-20/h1-2,4-9,14H,3,10-13H2,(H2,24,25,26). The molecule has 1 fully saturated rings. The average Bonchev–Trinajstić information content (AvgIpc) is 3.08. The molecule has 0 radical (unpaired) electrons. The molecule has 0 aliphatic carbocycles. The minimum absolute atomic E-state index is 0.0171. The lowest BCUT2D eigenvalue weighted by atomic mass is 10.0. The van der Waals surface area contributed by atoms with E-state index in [9.17, 15) is 13.2 Å². The van der Waals surface area contributed by atoms with E-state index in [1.807, 2.05) is 42.5 Å². The summed E-state index contributed by atoms with van der Waals surface area (Å²) in [6, 6.07) is 15.1. The number of aromatic amines is 1. The van der Waals surface area contributed by atoms with Crippen molar-refractivity contribution in [3.8, 4) is 0 Å². The Morgan fingerprint density at radius 1 is 1.06 bits per heavy atom. The van der Waals surface area contributed by atoms with Crippen LogP contribution in [0.3, 0.4) is 0 Å². The van der Waals surface area contributed by atoms with Gasteiger partial charge in [0.2, 0.25) is 0 Å². The Kier molecular flexibility index (Phi) is 4.82. The number of carbonyl (C=O) groups excluding carboxylic acids is 1. The number of hydrogen-bond donors (Lipinski definition) is 2. The summed E-state index contributed by atoms with van der Waals surface area (Å²) in [6.45, 7) is 0.684. The van der Waals surface area contributed by atoms with Gasteiger partial charge < -0.3 is 10.2 Å². The zero-order chi connectivity index (χ0) is 21.4. The maximum Gasteiger partial charge on any atom is 0.254 e. The quantitative estimate of drug-likeness (QED) is 0.512. The molecule has 3 heterocycles. The maximum absolute atomic E-state index is 13.2. The van der Waals surface area contributed by atoms with Crippen LogP contribution in [0.15, 0.2) is 54.7 Å². The normalized spacial score (nSPS) is 16.3. The van der Waals surface area contributed by atoms with E-state index in [1.165, 1.54) is 0 Å². The number of fused-ring (bicyclic) bond motifs is 2. The van der Waals surface area contributed by atoms with Gasteiger partial charge in [-0.1, -0.05) is 18.2 Å². The molecule has 4 aromatic rings. The maximum atomic E-state index is 13.2. The molecule has 31 heavy (non-hydrogen) atoms. The van der Waals surface area contributed by atoms with Crippen molar-refractivity contribution in [2.24, 2.45) is 0 Å². The molecule has 9 heteroatoms. The Morgan fingerprint density at radius 2 is 1.97 bits per heavy atom. The van der Waals surface area contributed by atoms with Crippen molar-refractivity contribution in [2.75, 3.05) is 29.9 Å². The minimum atomic E-state index is -3.07. The van der Waals surface area contributed by atoms with Gasteiger partial charge in [-0.2, -0.15) is 5.10 Å². The predicted octanol–water partition coefficient (Wildman–Crippen LogP) is 3.12. The second-order valence-electron chi connectivity index (χ2n) is 7.64. The van der Waals surface area contributed by atoms with Gasteiger partial charge in [-0.15, -0.1) is 0 Å². The molecule has 0 spiro atoms. The second-order valence-corrected chi connectivity index (χ2v) is 9.94. The lowest BCUT2D eigenvalue weighted by Crippen LogP contribution is -2.33. The summed E-state index contributed by atoms with van der Waals surface area (Å²) in [5.74, 6) is 0.653. The van der Waals surface area contributed by atoms with Crippen LogP contribution in [-0.4, -0.2) is 59.0 Å². The lowest BCUT2D eigenvalue weighted by Gasteiger charge is -2.20. The minimum Gasteiger partial charge on any atom is -0.338 e. The van der Waals surface area contributed by atoms with Crippen LogP contribution >= 0.6 is 0 Å². The molecular formula is C22H21N5O3S. The summed E-state index contributed by atoms with van der Waals surface area (Å²) in [5.41, 5.74) is 3.01. The first-order valence-corrected chi connectivity index (χ1v) is 11.9. The van der Waals surface area contributed by atoms with Crippen LogP contribution in [0.4, 0.5) is 11.5 Å². The van der Waals surface area contributed by atoms with Crippen molar-refractivity contribution in [3.05, 3.63) is 60.3 Å². The highest BCUT2D eigenvalue weighted by Gasteiger charge is 2.24. The molecule has 0 saturated carbocycles. The van der Waals surface area contributed by atoms with Gasteiger partial charge in [0.1, 0.15) is 5.52 Å². The van der Waals surface area contributed by atoms with Crippen LogP contribution in [0.2, 0.25) is 0 Å². The van der Waals surface area contributed by atoms with Gasteiger partial charge in [-0.25, -0.2) is 8.42 Å². The molecular weight excluding hydrogens is 414 g/mol.